The second-order valence-electron chi connectivity index (χ2n) is 13.7. The van der Waals surface area contributed by atoms with E-state index in [-0.39, 0.29) is 0 Å². The van der Waals surface area contributed by atoms with Crippen molar-refractivity contribution >= 4 is 44.5 Å². The van der Waals surface area contributed by atoms with Crippen LogP contribution in [0.25, 0.3) is 44.2 Å². The zero-order valence-electron chi connectivity index (χ0n) is 29.6. The van der Waals surface area contributed by atoms with Crippen molar-refractivity contribution in [3.63, 3.8) is 0 Å². The van der Waals surface area contributed by atoms with Gasteiger partial charge in [-0.15, -0.1) is 0 Å². The fourth-order valence-corrected chi connectivity index (χ4v) is 8.40. The van der Waals surface area contributed by atoms with E-state index in [4.69, 9.17) is 0 Å². The first kappa shape index (κ1) is 32.7. The van der Waals surface area contributed by atoms with Crippen molar-refractivity contribution in [3.8, 4) is 27.4 Å². The predicted molar refractivity (Wildman–Crippen MR) is 229 cm³/mol. The Balaban J connectivity index is 1.11. The zero-order chi connectivity index (χ0) is 35.4. The Hall–Kier alpha value is -6.18. The third-order valence-electron chi connectivity index (χ3n) is 10.3. The summed E-state index contributed by atoms with van der Waals surface area (Å²) < 4.78 is 0. The molecule has 0 unspecified atom stereocenters. The molecule has 254 valence electrons. The van der Waals surface area contributed by atoms with Gasteiger partial charge in [-0.1, -0.05) is 151 Å². The number of hydrogen-bond acceptors (Lipinski definition) is 1. The van der Waals surface area contributed by atoms with Crippen LogP contribution in [-0.2, 0) is 0 Å². The summed E-state index contributed by atoms with van der Waals surface area (Å²) in [5.41, 5.74) is 14.7. The molecule has 0 radical (unpaired) electrons. The molecule has 0 N–H and O–H groups in total. The van der Waals surface area contributed by atoms with Crippen LogP contribution >= 0.6 is 11.2 Å². The van der Waals surface area contributed by atoms with Gasteiger partial charge in [0.25, 0.3) is 0 Å². The van der Waals surface area contributed by atoms with Crippen molar-refractivity contribution in [1.29, 1.82) is 0 Å². The van der Waals surface area contributed by atoms with Crippen LogP contribution in [0.1, 0.15) is 36.8 Å². The molecule has 0 amide bonds. The summed E-state index contributed by atoms with van der Waals surface area (Å²) in [5.74, 6) is 0. The lowest BCUT2D eigenvalue weighted by Gasteiger charge is -2.26. The van der Waals surface area contributed by atoms with Crippen LogP contribution in [0.5, 0.6) is 0 Å². The van der Waals surface area contributed by atoms with Crippen LogP contribution in [0, 0.1) is 5.18 Å². The molecule has 1 heterocycles. The number of allylic oxidation sites excluding steroid dienone is 11. The normalized spacial score (nSPS) is 15.1. The summed E-state index contributed by atoms with van der Waals surface area (Å²) in [4.78, 5) is 3.56. The summed E-state index contributed by atoms with van der Waals surface area (Å²) in [6.45, 7) is 0. The van der Waals surface area contributed by atoms with Gasteiger partial charge in [0.2, 0.25) is 0 Å². The Bertz CT molecular complexity index is 2570. The average molecular weight is 698 g/mol. The Labute approximate surface area is 316 Å². The second kappa shape index (κ2) is 14.8. The van der Waals surface area contributed by atoms with Gasteiger partial charge >= 0.3 is 0 Å². The molecule has 0 saturated heterocycles. The van der Waals surface area contributed by atoms with Gasteiger partial charge in [-0.2, -0.15) is 0 Å². The van der Waals surface area contributed by atoms with Gasteiger partial charge in [-0.3, -0.25) is 0 Å². The van der Waals surface area contributed by atoms with Crippen LogP contribution in [0.15, 0.2) is 204 Å². The number of benzene rings is 6. The van der Waals surface area contributed by atoms with Crippen LogP contribution in [0.2, 0.25) is 0 Å². The monoisotopic (exact) mass is 697 g/mol. The molecular formula is C51H39NS. The maximum absolute atomic E-state index is 3.69. The van der Waals surface area contributed by atoms with Crippen molar-refractivity contribution in [2.75, 3.05) is 4.90 Å². The van der Waals surface area contributed by atoms with Crippen molar-refractivity contribution in [2.24, 2.45) is 0 Å². The summed E-state index contributed by atoms with van der Waals surface area (Å²) in [6.07, 6.45) is 20.2. The number of hydrogen-bond donors (Lipinski definition) is 0. The van der Waals surface area contributed by atoms with Crippen LogP contribution in [0.3, 0.4) is 0 Å². The Kier molecular flexibility index (Phi) is 9.14. The molecule has 2 aliphatic carbocycles. The highest BCUT2D eigenvalue weighted by Gasteiger charge is 2.19. The first-order valence-corrected chi connectivity index (χ1v) is 19.4. The fraction of sp³-hybridized carbons (Fsp3) is 0.0784. The minimum atomic E-state index is 1.02. The van der Waals surface area contributed by atoms with Gasteiger partial charge in [-0.05, 0) is 140 Å². The number of anilines is 2. The van der Waals surface area contributed by atoms with E-state index in [1.807, 2.05) is 0 Å². The zero-order valence-corrected chi connectivity index (χ0v) is 30.4. The summed E-state index contributed by atoms with van der Waals surface area (Å²) in [5, 5.41) is 6.25. The predicted octanol–water partition coefficient (Wildman–Crippen LogP) is 14.3. The lowest BCUT2D eigenvalue weighted by molar-refractivity contribution is 1.02. The van der Waals surface area contributed by atoms with Gasteiger partial charge < -0.3 is 4.90 Å². The number of fused-ring (bicyclic) bond motifs is 1. The van der Waals surface area contributed by atoms with Crippen LogP contribution in [-0.4, -0.2) is 0 Å². The van der Waals surface area contributed by atoms with Crippen molar-refractivity contribution < 1.29 is 0 Å². The first-order chi connectivity index (χ1) is 26.3. The van der Waals surface area contributed by atoms with Crippen molar-refractivity contribution in [1.82, 2.24) is 0 Å². The molecular weight excluding hydrogens is 659 g/mol. The van der Waals surface area contributed by atoms with Gasteiger partial charge in [0.15, 0.2) is 0 Å². The lowest BCUT2D eigenvalue weighted by atomic mass is 9.84. The van der Waals surface area contributed by atoms with Crippen LogP contribution < -0.4 is 4.90 Å². The van der Waals surface area contributed by atoms with E-state index >= 15 is 0 Å². The van der Waals surface area contributed by atoms with Crippen molar-refractivity contribution in [2.45, 2.75) is 25.7 Å². The van der Waals surface area contributed by atoms with E-state index in [1.165, 1.54) is 65.8 Å². The molecule has 0 atom stereocenters. The largest absolute Gasteiger partial charge is 0.303 e. The van der Waals surface area contributed by atoms with Gasteiger partial charge in [0.1, 0.15) is 0 Å². The molecule has 1 aliphatic heterocycles. The molecule has 0 spiro atoms. The molecule has 0 bridgehead atoms. The van der Waals surface area contributed by atoms with E-state index in [0.717, 1.165) is 42.8 Å². The fourth-order valence-electron chi connectivity index (χ4n) is 7.62. The highest BCUT2D eigenvalue weighted by molar-refractivity contribution is 7.93. The average Bonchev–Trinajstić information content (AvgIpc) is 3.25. The summed E-state index contributed by atoms with van der Waals surface area (Å²) in [6, 6.07) is 52.9. The Morgan fingerprint density at radius 1 is 0.528 bits per heavy atom. The molecule has 0 saturated carbocycles. The molecule has 6 aromatic carbocycles. The van der Waals surface area contributed by atoms with Crippen molar-refractivity contribution in [3.05, 3.63) is 215 Å². The van der Waals surface area contributed by atoms with E-state index in [9.17, 15) is 0 Å². The van der Waals surface area contributed by atoms with Gasteiger partial charge in [0, 0.05) is 16.3 Å². The first-order valence-electron chi connectivity index (χ1n) is 18.5. The highest BCUT2D eigenvalue weighted by Crippen LogP contribution is 2.41. The molecule has 1 nitrogen and oxygen atoms in total. The van der Waals surface area contributed by atoms with E-state index in [0.29, 0.717) is 0 Å². The van der Waals surface area contributed by atoms with E-state index in [1.54, 1.807) is 11.2 Å². The van der Waals surface area contributed by atoms with Crippen LogP contribution in [0.4, 0.5) is 11.4 Å². The summed E-state index contributed by atoms with van der Waals surface area (Å²) in [7, 11) is 0. The molecule has 3 aliphatic rings. The molecule has 9 rings (SSSR count). The minimum Gasteiger partial charge on any atom is -0.303 e. The topological polar surface area (TPSA) is 3.24 Å². The molecule has 6 aromatic rings. The lowest BCUT2D eigenvalue weighted by Crippen LogP contribution is -2.15. The maximum atomic E-state index is 3.69. The molecule has 2 heteroatoms. The summed E-state index contributed by atoms with van der Waals surface area (Å²) >= 11 is 1.68. The standard InChI is InChI=1S/C51H39NS/c1-4-14-37(15-5-1)38-24-28-44(29-25-38)52(46-32-33-51(53-36-46)41-18-8-3-9-19-41)45-30-26-39(27-31-45)43-34-42-20-10-11-22-48(42)50(35-43)49-23-13-12-21-47(49)40-16-6-2-7-17-40/h1-2,4-8,10-12,14-22,24-35H,3,9,13,23H2. The maximum Gasteiger partial charge on any atom is 0.0996 e. The molecule has 0 aromatic heterocycles. The molecule has 0 fully saturated rings. The van der Waals surface area contributed by atoms with E-state index in [2.05, 4.69) is 198 Å². The quantitative estimate of drug-likeness (QED) is 0.153. The third-order valence-corrected chi connectivity index (χ3v) is 11.2. The Morgan fingerprint density at radius 2 is 1.17 bits per heavy atom. The van der Waals surface area contributed by atoms with E-state index < -0.39 is 0 Å². The highest BCUT2D eigenvalue weighted by atomic mass is 32.1. The SMILES string of the molecule is C1#SC(C2=CCCC=C2)=CC=C1N(c1ccc(-c2ccccc2)cc1)c1ccc(-c2cc(C3=C(c4ccccc4)C=CCC3)c3ccccc3c2)cc1. The van der Waals surface area contributed by atoms with Gasteiger partial charge in [-0.25, -0.2) is 0 Å². The smallest absolute Gasteiger partial charge is 0.0996 e. The molecule has 53 heavy (non-hydrogen) atoms. The minimum absolute atomic E-state index is 1.02. The third kappa shape index (κ3) is 6.79. The number of nitrogens with zero attached hydrogens (tertiary/aromatic N) is 1. The Morgan fingerprint density at radius 3 is 1.85 bits per heavy atom. The second-order valence-corrected chi connectivity index (χ2v) is 14.5. The number of rotatable bonds is 8. The van der Waals surface area contributed by atoms with Gasteiger partial charge in [0.05, 0.1) is 5.70 Å².